The first kappa shape index (κ1) is 12.6. The van der Waals surface area contributed by atoms with Gasteiger partial charge in [0.2, 0.25) is 5.91 Å². The Morgan fingerprint density at radius 1 is 1.50 bits per heavy atom. The molecule has 1 amide bonds. The van der Waals surface area contributed by atoms with E-state index in [1.165, 1.54) is 6.07 Å². The van der Waals surface area contributed by atoms with Crippen molar-refractivity contribution in [1.29, 1.82) is 0 Å². The lowest BCUT2D eigenvalue weighted by molar-refractivity contribution is -0.118. The van der Waals surface area contributed by atoms with Gasteiger partial charge in [-0.3, -0.25) is 9.00 Å². The van der Waals surface area contributed by atoms with Crippen LogP contribution in [0.25, 0.3) is 0 Å². The van der Waals surface area contributed by atoms with Crippen molar-refractivity contribution in [2.24, 2.45) is 0 Å². The van der Waals surface area contributed by atoms with Crippen LogP contribution in [-0.2, 0) is 15.6 Å². The molecule has 0 aliphatic carbocycles. The molecule has 0 bridgehead atoms. The molecule has 0 aromatic heterocycles. The van der Waals surface area contributed by atoms with E-state index in [-0.39, 0.29) is 22.2 Å². The van der Waals surface area contributed by atoms with Gasteiger partial charge in [0, 0.05) is 17.1 Å². The van der Waals surface area contributed by atoms with Crippen molar-refractivity contribution in [2.45, 2.75) is 11.8 Å². The van der Waals surface area contributed by atoms with Gasteiger partial charge in [-0.25, -0.2) is 4.39 Å². The summed E-state index contributed by atoms with van der Waals surface area (Å²) in [5.74, 6) is -1.07. The lowest BCUT2D eigenvalue weighted by Crippen LogP contribution is -2.27. The van der Waals surface area contributed by atoms with Gasteiger partial charge < -0.3 is 11.1 Å². The Morgan fingerprint density at radius 3 is 2.75 bits per heavy atom. The van der Waals surface area contributed by atoms with E-state index in [0.29, 0.717) is 6.54 Å². The molecule has 0 saturated heterocycles. The highest BCUT2D eigenvalue weighted by atomic mass is 32.2. The minimum atomic E-state index is -1.57. The van der Waals surface area contributed by atoms with Crippen LogP contribution >= 0.6 is 0 Å². The number of carbonyl (C=O) groups is 1. The maximum Gasteiger partial charge on any atom is 0.232 e. The summed E-state index contributed by atoms with van der Waals surface area (Å²) in [6.45, 7) is 2.24. The van der Waals surface area contributed by atoms with E-state index in [1.807, 2.05) is 0 Å². The summed E-state index contributed by atoms with van der Waals surface area (Å²) < 4.78 is 24.6. The van der Waals surface area contributed by atoms with Gasteiger partial charge in [0.05, 0.1) is 10.8 Å². The Morgan fingerprint density at radius 2 is 2.19 bits per heavy atom. The number of amides is 1. The zero-order valence-electron chi connectivity index (χ0n) is 8.83. The highest BCUT2D eigenvalue weighted by molar-refractivity contribution is 7.85. The summed E-state index contributed by atoms with van der Waals surface area (Å²) in [6.07, 6.45) is 0. The third kappa shape index (κ3) is 3.62. The molecule has 1 rings (SSSR count). The van der Waals surface area contributed by atoms with Gasteiger partial charge in [0.25, 0.3) is 0 Å². The molecule has 0 radical (unpaired) electrons. The number of nitrogens with one attached hydrogen (secondary N) is 1. The first-order chi connectivity index (χ1) is 7.52. The summed E-state index contributed by atoms with van der Waals surface area (Å²) in [5, 5.41) is 2.52. The van der Waals surface area contributed by atoms with Crippen molar-refractivity contribution in [3.05, 3.63) is 24.0 Å². The molecule has 0 aliphatic rings. The lowest BCUT2D eigenvalue weighted by atomic mass is 10.3. The molecule has 0 fully saturated rings. The molecule has 16 heavy (non-hydrogen) atoms. The molecule has 1 unspecified atom stereocenters. The maximum atomic E-state index is 13.0. The van der Waals surface area contributed by atoms with E-state index in [1.54, 1.807) is 6.92 Å². The molecule has 0 heterocycles. The second kappa shape index (κ2) is 5.60. The molecule has 6 heteroatoms. The molecule has 0 spiro atoms. The van der Waals surface area contributed by atoms with E-state index < -0.39 is 16.6 Å². The quantitative estimate of drug-likeness (QED) is 0.764. The number of hydrogen-bond donors (Lipinski definition) is 2. The van der Waals surface area contributed by atoms with Crippen LogP contribution in [0, 0.1) is 5.82 Å². The van der Waals surface area contributed by atoms with Crippen LogP contribution in [0.5, 0.6) is 0 Å². The van der Waals surface area contributed by atoms with Crippen LogP contribution in [0.4, 0.5) is 10.1 Å². The predicted molar refractivity (Wildman–Crippen MR) is 60.8 cm³/mol. The van der Waals surface area contributed by atoms with Gasteiger partial charge >= 0.3 is 0 Å². The van der Waals surface area contributed by atoms with Crippen molar-refractivity contribution < 1.29 is 13.4 Å². The highest BCUT2D eigenvalue weighted by Gasteiger charge is 2.11. The number of nitrogens with two attached hydrogens (primary N) is 1. The third-order valence-electron chi connectivity index (χ3n) is 1.79. The zero-order valence-corrected chi connectivity index (χ0v) is 9.64. The molecule has 1 atom stereocenters. The Balaban J connectivity index is 2.76. The molecule has 4 nitrogen and oxygen atoms in total. The number of hydrogen-bond acceptors (Lipinski definition) is 3. The zero-order chi connectivity index (χ0) is 12.1. The number of nitrogen functional groups attached to an aromatic ring is 1. The standard InChI is InChI=1S/C10H13FN2O2S/c1-2-13-10(14)6-16(15)9-4-7(11)3-8(12)5-9/h3-5H,2,6,12H2,1H3,(H,13,14). The van der Waals surface area contributed by atoms with Crippen LogP contribution in [0.15, 0.2) is 23.1 Å². The Bertz CT molecular complexity index is 403. The average molecular weight is 244 g/mol. The first-order valence-electron chi connectivity index (χ1n) is 4.74. The maximum absolute atomic E-state index is 13.0. The summed E-state index contributed by atoms with van der Waals surface area (Å²) in [5.41, 5.74) is 5.61. The van der Waals surface area contributed by atoms with E-state index in [4.69, 9.17) is 5.73 Å². The van der Waals surface area contributed by atoms with Crippen molar-refractivity contribution in [3.63, 3.8) is 0 Å². The number of benzene rings is 1. The smallest absolute Gasteiger partial charge is 0.232 e. The van der Waals surface area contributed by atoms with Gasteiger partial charge in [-0.05, 0) is 25.1 Å². The number of anilines is 1. The van der Waals surface area contributed by atoms with Crippen molar-refractivity contribution in [1.82, 2.24) is 5.32 Å². The van der Waals surface area contributed by atoms with E-state index >= 15 is 0 Å². The topological polar surface area (TPSA) is 72.2 Å². The summed E-state index contributed by atoms with van der Waals surface area (Å²) in [4.78, 5) is 11.4. The third-order valence-corrected chi connectivity index (χ3v) is 3.08. The van der Waals surface area contributed by atoms with Crippen molar-refractivity contribution in [3.8, 4) is 0 Å². The van der Waals surface area contributed by atoms with Gasteiger partial charge in [-0.15, -0.1) is 0 Å². The van der Waals surface area contributed by atoms with Gasteiger partial charge in [0.1, 0.15) is 11.6 Å². The Labute approximate surface area is 95.5 Å². The van der Waals surface area contributed by atoms with E-state index in [0.717, 1.165) is 12.1 Å². The van der Waals surface area contributed by atoms with Crippen molar-refractivity contribution in [2.75, 3.05) is 18.0 Å². The largest absolute Gasteiger partial charge is 0.399 e. The van der Waals surface area contributed by atoms with Crippen LogP contribution in [0.2, 0.25) is 0 Å². The van der Waals surface area contributed by atoms with Gasteiger partial charge in [-0.2, -0.15) is 0 Å². The molecule has 3 N–H and O–H groups in total. The van der Waals surface area contributed by atoms with Crippen LogP contribution in [0.1, 0.15) is 6.92 Å². The Hall–Kier alpha value is -1.43. The second-order valence-corrected chi connectivity index (χ2v) is 4.61. The average Bonchev–Trinajstić information content (AvgIpc) is 2.16. The Kier molecular flexibility index (Phi) is 4.42. The fraction of sp³-hybridized carbons (Fsp3) is 0.300. The van der Waals surface area contributed by atoms with Crippen LogP contribution in [-0.4, -0.2) is 22.4 Å². The summed E-state index contributed by atoms with van der Waals surface area (Å²) >= 11 is 0. The monoisotopic (exact) mass is 244 g/mol. The van der Waals surface area contributed by atoms with Gasteiger partial charge in [0.15, 0.2) is 0 Å². The number of rotatable bonds is 4. The molecule has 0 saturated carbocycles. The molecular weight excluding hydrogens is 231 g/mol. The van der Waals surface area contributed by atoms with Crippen LogP contribution < -0.4 is 11.1 Å². The molecular formula is C10H13FN2O2S. The number of carbonyl (C=O) groups excluding carboxylic acids is 1. The minimum absolute atomic E-state index is 0.184. The van der Waals surface area contributed by atoms with Crippen molar-refractivity contribution >= 4 is 22.4 Å². The van der Waals surface area contributed by atoms with E-state index in [2.05, 4.69) is 5.32 Å². The second-order valence-electron chi connectivity index (χ2n) is 3.16. The van der Waals surface area contributed by atoms with Gasteiger partial charge in [-0.1, -0.05) is 0 Å². The molecule has 1 aromatic rings. The van der Waals surface area contributed by atoms with Crippen LogP contribution in [0.3, 0.4) is 0 Å². The van der Waals surface area contributed by atoms with E-state index in [9.17, 15) is 13.4 Å². The molecule has 88 valence electrons. The highest BCUT2D eigenvalue weighted by Crippen LogP contribution is 2.14. The first-order valence-corrected chi connectivity index (χ1v) is 6.06. The predicted octanol–water partition coefficient (Wildman–Crippen LogP) is 0.652. The molecule has 0 aliphatic heterocycles. The minimum Gasteiger partial charge on any atom is -0.399 e. The fourth-order valence-electron chi connectivity index (χ4n) is 1.17. The summed E-state index contributed by atoms with van der Waals surface area (Å²) in [6, 6.07) is 3.65. The summed E-state index contributed by atoms with van der Waals surface area (Å²) in [7, 11) is -1.57. The lowest BCUT2D eigenvalue weighted by Gasteiger charge is -2.04. The fourth-order valence-corrected chi connectivity index (χ4v) is 2.18. The molecule has 1 aromatic carbocycles. The SMILES string of the molecule is CCNC(=O)CS(=O)c1cc(N)cc(F)c1. The normalized spacial score (nSPS) is 12.1. The number of halogens is 1.